The van der Waals surface area contributed by atoms with Crippen molar-refractivity contribution in [2.24, 2.45) is 0 Å². The molecule has 1 heterocycles. The first-order valence-electron chi connectivity index (χ1n) is 5.37. The molecular weight excluding hydrogens is 224 g/mol. The van der Waals surface area contributed by atoms with E-state index in [0.29, 0.717) is 6.42 Å². The fraction of sp³-hybridized carbons (Fsp3) is 0.500. The molecule has 1 aromatic rings. The SMILES string of the molecule is COC(=O)CCCCCc1ccc(C=O)s1. The molecule has 1 rings (SSSR count). The lowest BCUT2D eigenvalue weighted by atomic mass is 10.1. The molecule has 0 aliphatic carbocycles. The third-order valence-electron chi connectivity index (χ3n) is 2.33. The Labute approximate surface area is 99.4 Å². The Morgan fingerprint density at radius 3 is 2.81 bits per heavy atom. The Morgan fingerprint density at radius 1 is 1.38 bits per heavy atom. The van der Waals surface area contributed by atoms with Crippen LogP contribution in [0.4, 0.5) is 0 Å². The minimum Gasteiger partial charge on any atom is -0.469 e. The molecule has 0 spiro atoms. The lowest BCUT2D eigenvalue weighted by Crippen LogP contribution is -1.99. The van der Waals surface area contributed by atoms with Gasteiger partial charge in [-0.15, -0.1) is 11.3 Å². The van der Waals surface area contributed by atoms with Crippen LogP contribution in [0.25, 0.3) is 0 Å². The third kappa shape index (κ3) is 4.57. The van der Waals surface area contributed by atoms with Crippen LogP contribution in [0.5, 0.6) is 0 Å². The van der Waals surface area contributed by atoms with Crippen LogP contribution in [0.1, 0.15) is 40.2 Å². The quantitative estimate of drug-likeness (QED) is 0.418. The van der Waals surface area contributed by atoms with Gasteiger partial charge in [0.15, 0.2) is 6.29 Å². The minimum absolute atomic E-state index is 0.139. The van der Waals surface area contributed by atoms with Gasteiger partial charge in [0.25, 0.3) is 0 Å². The molecular formula is C12H16O3S. The van der Waals surface area contributed by atoms with Crippen LogP contribution >= 0.6 is 11.3 Å². The van der Waals surface area contributed by atoms with Crippen molar-refractivity contribution in [3.8, 4) is 0 Å². The molecule has 0 saturated carbocycles. The summed E-state index contributed by atoms with van der Waals surface area (Å²) in [5.74, 6) is -0.139. The van der Waals surface area contributed by atoms with Crippen LogP contribution in [0.15, 0.2) is 12.1 Å². The summed E-state index contributed by atoms with van der Waals surface area (Å²) >= 11 is 1.54. The molecule has 0 atom stereocenters. The lowest BCUT2D eigenvalue weighted by molar-refractivity contribution is -0.140. The van der Waals surface area contributed by atoms with E-state index in [2.05, 4.69) is 4.74 Å². The molecule has 3 nitrogen and oxygen atoms in total. The normalized spacial score (nSPS) is 10.1. The average Bonchev–Trinajstić information content (AvgIpc) is 2.76. The Kier molecular flexibility index (Phi) is 5.78. The van der Waals surface area contributed by atoms with Crippen molar-refractivity contribution in [2.45, 2.75) is 32.1 Å². The average molecular weight is 240 g/mol. The maximum absolute atomic E-state index is 10.8. The molecule has 0 saturated heterocycles. The highest BCUT2D eigenvalue weighted by Crippen LogP contribution is 2.17. The number of hydrogen-bond donors (Lipinski definition) is 0. The van der Waals surface area contributed by atoms with Crippen LogP contribution < -0.4 is 0 Å². The van der Waals surface area contributed by atoms with Crippen molar-refractivity contribution in [2.75, 3.05) is 7.11 Å². The van der Waals surface area contributed by atoms with E-state index in [1.54, 1.807) is 11.3 Å². The topological polar surface area (TPSA) is 43.4 Å². The number of esters is 1. The van der Waals surface area contributed by atoms with Gasteiger partial charge in [-0.3, -0.25) is 9.59 Å². The first kappa shape index (κ1) is 12.9. The number of rotatable bonds is 7. The van der Waals surface area contributed by atoms with Gasteiger partial charge in [-0.25, -0.2) is 0 Å². The van der Waals surface area contributed by atoms with Crippen LogP contribution in [0.2, 0.25) is 0 Å². The summed E-state index contributed by atoms with van der Waals surface area (Å²) in [7, 11) is 1.41. The maximum atomic E-state index is 10.8. The smallest absolute Gasteiger partial charge is 0.305 e. The van der Waals surface area contributed by atoms with Crippen LogP contribution in [0, 0.1) is 0 Å². The van der Waals surface area contributed by atoms with Crippen molar-refractivity contribution in [3.05, 3.63) is 21.9 Å². The monoisotopic (exact) mass is 240 g/mol. The summed E-state index contributed by atoms with van der Waals surface area (Å²) in [6.07, 6.45) is 5.31. The number of carbonyl (C=O) groups excluding carboxylic acids is 2. The van der Waals surface area contributed by atoms with E-state index < -0.39 is 0 Å². The highest BCUT2D eigenvalue weighted by atomic mass is 32.1. The number of carbonyl (C=O) groups is 2. The van der Waals surface area contributed by atoms with Gasteiger partial charge in [-0.1, -0.05) is 6.42 Å². The Bertz CT molecular complexity index is 344. The van der Waals surface area contributed by atoms with Gasteiger partial charge in [0, 0.05) is 11.3 Å². The lowest BCUT2D eigenvalue weighted by Gasteiger charge is -1.99. The van der Waals surface area contributed by atoms with Gasteiger partial charge < -0.3 is 4.74 Å². The van der Waals surface area contributed by atoms with Gasteiger partial charge in [0.1, 0.15) is 0 Å². The van der Waals surface area contributed by atoms with Crippen molar-refractivity contribution in [1.29, 1.82) is 0 Å². The summed E-state index contributed by atoms with van der Waals surface area (Å²) in [5, 5.41) is 0. The minimum atomic E-state index is -0.139. The summed E-state index contributed by atoms with van der Waals surface area (Å²) in [4.78, 5) is 23.3. The van der Waals surface area contributed by atoms with Crippen molar-refractivity contribution >= 4 is 23.6 Å². The van der Waals surface area contributed by atoms with Gasteiger partial charge in [-0.2, -0.15) is 0 Å². The number of unbranched alkanes of at least 4 members (excludes halogenated alkanes) is 2. The zero-order valence-electron chi connectivity index (χ0n) is 9.40. The molecule has 0 aliphatic rings. The number of aldehydes is 1. The van der Waals surface area contributed by atoms with E-state index in [-0.39, 0.29) is 5.97 Å². The van der Waals surface area contributed by atoms with E-state index in [4.69, 9.17) is 0 Å². The first-order chi connectivity index (χ1) is 7.76. The maximum Gasteiger partial charge on any atom is 0.305 e. The molecule has 0 N–H and O–H groups in total. The van der Waals surface area contributed by atoms with E-state index in [1.165, 1.54) is 12.0 Å². The van der Waals surface area contributed by atoms with E-state index in [9.17, 15) is 9.59 Å². The predicted molar refractivity (Wildman–Crippen MR) is 63.9 cm³/mol. The number of ether oxygens (including phenoxy) is 1. The van der Waals surface area contributed by atoms with Crippen molar-refractivity contribution in [1.82, 2.24) is 0 Å². The number of thiophene rings is 1. The van der Waals surface area contributed by atoms with Gasteiger partial charge in [0.05, 0.1) is 12.0 Å². The van der Waals surface area contributed by atoms with Crippen molar-refractivity contribution < 1.29 is 14.3 Å². The van der Waals surface area contributed by atoms with Crippen LogP contribution in [-0.4, -0.2) is 19.4 Å². The molecule has 16 heavy (non-hydrogen) atoms. The van der Waals surface area contributed by atoms with Crippen LogP contribution in [-0.2, 0) is 16.0 Å². The molecule has 1 aromatic heterocycles. The fourth-order valence-corrected chi connectivity index (χ4v) is 2.31. The molecule has 88 valence electrons. The molecule has 0 fully saturated rings. The molecule has 0 amide bonds. The van der Waals surface area contributed by atoms with Crippen LogP contribution in [0.3, 0.4) is 0 Å². The second kappa shape index (κ2) is 7.17. The van der Waals surface area contributed by atoms with Crippen molar-refractivity contribution in [3.63, 3.8) is 0 Å². The summed E-state index contributed by atoms with van der Waals surface area (Å²) in [6.45, 7) is 0. The number of aryl methyl sites for hydroxylation is 1. The Hall–Kier alpha value is -1.16. The molecule has 0 unspecified atom stereocenters. The largest absolute Gasteiger partial charge is 0.469 e. The molecule has 0 aromatic carbocycles. The zero-order valence-corrected chi connectivity index (χ0v) is 10.2. The van der Waals surface area contributed by atoms with E-state index in [1.807, 2.05) is 12.1 Å². The molecule has 0 radical (unpaired) electrons. The molecule has 4 heteroatoms. The van der Waals surface area contributed by atoms with E-state index >= 15 is 0 Å². The highest BCUT2D eigenvalue weighted by molar-refractivity contribution is 7.13. The summed E-state index contributed by atoms with van der Waals surface area (Å²) in [5.41, 5.74) is 0. The highest BCUT2D eigenvalue weighted by Gasteiger charge is 2.01. The van der Waals surface area contributed by atoms with E-state index in [0.717, 1.165) is 36.8 Å². The second-order valence-electron chi connectivity index (χ2n) is 3.56. The standard InChI is InChI=1S/C12H16O3S/c1-15-12(14)6-4-2-3-5-10-7-8-11(9-13)16-10/h7-9H,2-6H2,1H3. The third-order valence-corrected chi connectivity index (χ3v) is 3.40. The summed E-state index contributed by atoms with van der Waals surface area (Å²) in [6, 6.07) is 3.84. The van der Waals surface area contributed by atoms with Gasteiger partial charge in [-0.05, 0) is 31.4 Å². The Morgan fingerprint density at radius 2 is 2.19 bits per heavy atom. The molecule has 0 aliphatic heterocycles. The zero-order chi connectivity index (χ0) is 11.8. The van der Waals surface area contributed by atoms with Gasteiger partial charge in [0.2, 0.25) is 0 Å². The Balaban J connectivity index is 2.11. The predicted octanol–water partition coefficient (Wildman–Crippen LogP) is 2.84. The number of methoxy groups -OCH3 is 1. The second-order valence-corrected chi connectivity index (χ2v) is 4.76. The summed E-state index contributed by atoms with van der Waals surface area (Å²) < 4.78 is 4.56. The molecule has 0 bridgehead atoms. The fourth-order valence-electron chi connectivity index (χ4n) is 1.44. The number of hydrogen-bond acceptors (Lipinski definition) is 4. The first-order valence-corrected chi connectivity index (χ1v) is 6.18. The van der Waals surface area contributed by atoms with Gasteiger partial charge >= 0.3 is 5.97 Å².